The maximum Gasteiger partial charge on any atom is 0.274 e. The van der Waals surface area contributed by atoms with Gasteiger partial charge >= 0.3 is 0 Å². The number of halogens is 2. The molecule has 3 N–H and O–H groups in total. The second-order valence-electron chi connectivity index (χ2n) is 8.21. The summed E-state index contributed by atoms with van der Waals surface area (Å²) in [6, 6.07) is 5.03. The highest BCUT2D eigenvalue weighted by Crippen LogP contribution is 2.44. The number of hydrogen-bond donors (Lipinski definition) is 2. The molecule has 1 aromatic heterocycles. The monoisotopic (exact) mass is 466 g/mol. The Hall–Kier alpha value is -3.08. The molecule has 172 valence electrons. The minimum absolute atomic E-state index is 0.104. The number of nitrogens with two attached hydrogens (primary N) is 1. The van der Waals surface area contributed by atoms with Gasteiger partial charge in [0.05, 0.1) is 13.3 Å². The summed E-state index contributed by atoms with van der Waals surface area (Å²) < 4.78 is 58.8. The van der Waals surface area contributed by atoms with Crippen LogP contribution in [0.1, 0.15) is 42.4 Å². The van der Waals surface area contributed by atoms with E-state index >= 15 is 4.39 Å². The second kappa shape index (κ2) is 7.80. The Labute approximate surface area is 184 Å². The first-order valence-corrected chi connectivity index (χ1v) is 11.2. The van der Waals surface area contributed by atoms with Gasteiger partial charge in [0.2, 0.25) is 5.50 Å². The number of amides is 1. The fourth-order valence-corrected chi connectivity index (χ4v) is 5.04. The number of pyridine rings is 1. The van der Waals surface area contributed by atoms with Gasteiger partial charge in [-0.2, -0.15) is 0 Å². The third kappa shape index (κ3) is 3.60. The third-order valence-corrected chi connectivity index (χ3v) is 8.30. The number of anilines is 1. The number of ether oxygens (including phenoxy) is 1. The summed E-state index contributed by atoms with van der Waals surface area (Å²) in [4.78, 5) is 20.8. The number of rotatable bonds is 4. The van der Waals surface area contributed by atoms with Crippen molar-refractivity contribution in [2.45, 2.75) is 43.5 Å². The normalized spacial score (nSPS) is 23.8. The Morgan fingerprint density at radius 1 is 1.25 bits per heavy atom. The summed E-state index contributed by atoms with van der Waals surface area (Å²) in [5.74, 6) is -1.34. The summed E-state index contributed by atoms with van der Waals surface area (Å²) in [7, 11) is -2.98. The summed E-state index contributed by atoms with van der Waals surface area (Å²) in [6.45, 7) is 5.30. The van der Waals surface area contributed by atoms with Crippen molar-refractivity contribution in [2.75, 3.05) is 12.4 Å². The molecule has 0 spiro atoms. The smallest absolute Gasteiger partial charge is 0.274 e. The van der Waals surface area contributed by atoms with E-state index < -0.39 is 37.4 Å². The Balaban J connectivity index is 2.03. The number of carbonyl (C=O) groups is 1. The largest absolute Gasteiger partial charge is 0.495 e. The van der Waals surface area contributed by atoms with E-state index in [1.165, 1.54) is 33.2 Å². The molecular weight excluding hydrogens is 442 g/mol. The lowest BCUT2D eigenvalue weighted by molar-refractivity contribution is 0.102. The molecule has 1 amide bonds. The molecule has 2 heterocycles. The lowest BCUT2D eigenvalue weighted by Gasteiger charge is -2.40. The highest BCUT2D eigenvalue weighted by atomic mass is 32.2. The van der Waals surface area contributed by atoms with Crippen LogP contribution in [0, 0.1) is 12.7 Å². The fourth-order valence-electron chi connectivity index (χ4n) is 3.40. The Morgan fingerprint density at radius 3 is 2.50 bits per heavy atom. The van der Waals surface area contributed by atoms with E-state index in [0.717, 1.165) is 19.1 Å². The molecule has 3 rings (SSSR count). The van der Waals surface area contributed by atoms with E-state index in [2.05, 4.69) is 15.3 Å². The van der Waals surface area contributed by atoms with Crippen LogP contribution in [-0.2, 0) is 15.4 Å². The van der Waals surface area contributed by atoms with Gasteiger partial charge in [0.25, 0.3) is 5.91 Å². The number of benzene rings is 1. The zero-order valence-corrected chi connectivity index (χ0v) is 19.0. The van der Waals surface area contributed by atoms with E-state index in [0.29, 0.717) is 11.3 Å². The van der Waals surface area contributed by atoms with Crippen molar-refractivity contribution >= 4 is 27.3 Å². The van der Waals surface area contributed by atoms with Crippen LogP contribution < -0.4 is 15.8 Å². The molecule has 1 aromatic carbocycles. The Morgan fingerprint density at radius 2 is 1.91 bits per heavy atom. The predicted molar refractivity (Wildman–Crippen MR) is 117 cm³/mol. The second-order valence-corrected chi connectivity index (χ2v) is 10.7. The van der Waals surface area contributed by atoms with Gasteiger partial charge < -0.3 is 15.8 Å². The highest BCUT2D eigenvalue weighted by molar-refractivity contribution is 7.94. The summed E-state index contributed by atoms with van der Waals surface area (Å²) in [6.07, 6.45) is 1.37. The van der Waals surface area contributed by atoms with Crippen molar-refractivity contribution in [2.24, 2.45) is 10.7 Å². The maximum atomic E-state index is 15.3. The number of sulfone groups is 1. The summed E-state index contributed by atoms with van der Waals surface area (Å²) >= 11 is 0. The number of amidine groups is 1. The first kappa shape index (κ1) is 23.6. The number of aryl methyl sites for hydroxylation is 1. The van der Waals surface area contributed by atoms with Crippen molar-refractivity contribution in [3.8, 4) is 5.75 Å². The van der Waals surface area contributed by atoms with E-state index in [9.17, 15) is 17.6 Å². The van der Waals surface area contributed by atoms with Crippen LogP contribution in [0.2, 0.25) is 0 Å². The van der Waals surface area contributed by atoms with Gasteiger partial charge in [-0.25, -0.2) is 22.2 Å². The van der Waals surface area contributed by atoms with E-state index in [1.54, 1.807) is 13.0 Å². The van der Waals surface area contributed by atoms with Crippen molar-refractivity contribution in [3.63, 3.8) is 0 Å². The SMILES string of the molecule is COc1cnc(C(=O)Nc2ccc(F)c([C@@]3(C)N=C(N)C(C)(C)S(=O)(=O)C3F)c2)c(C)c1. The molecule has 0 fully saturated rings. The van der Waals surface area contributed by atoms with Gasteiger partial charge in [-0.1, -0.05) is 0 Å². The molecule has 11 heteroatoms. The standard InChI is InChI=1S/C21H24F2N4O4S/c1-11-8-13(31-5)10-25-16(11)17(28)26-12-6-7-15(22)14(9-12)21(4)18(23)32(29,30)20(2,3)19(24)27-21/h6-10,18H,1-5H3,(H2,24,27)(H,26,28)/t18?,21-/m1/s1. The number of carbonyl (C=O) groups excluding carboxylic acids is 1. The fraction of sp³-hybridized carbons (Fsp3) is 0.381. The quantitative estimate of drug-likeness (QED) is 0.714. The van der Waals surface area contributed by atoms with Gasteiger partial charge in [-0.05, 0) is 57.5 Å². The molecule has 2 aromatic rings. The Kier molecular flexibility index (Phi) is 5.75. The van der Waals surface area contributed by atoms with Gasteiger partial charge in [0, 0.05) is 11.3 Å². The minimum atomic E-state index is -4.45. The molecule has 0 radical (unpaired) electrons. The Bertz CT molecular complexity index is 1230. The van der Waals surface area contributed by atoms with Crippen LogP contribution in [0.25, 0.3) is 0 Å². The number of aromatic nitrogens is 1. The predicted octanol–water partition coefficient (Wildman–Crippen LogP) is 2.87. The van der Waals surface area contributed by atoms with Crippen LogP contribution in [0.3, 0.4) is 0 Å². The van der Waals surface area contributed by atoms with Gasteiger partial charge in [-0.3, -0.25) is 9.79 Å². The highest BCUT2D eigenvalue weighted by Gasteiger charge is 2.58. The zero-order valence-electron chi connectivity index (χ0n) is 18.2. The topological polar surface area (TPSA) is 124 Å². The number of alkyl halides is 1. The summed E-state index contributed by atoms with van der Waals surface area (Å²) in [5, 5.41) is 2.56. The number of methoxy groups -OCH3 is 1. The molecule has 0 saturated carbocycles. The molecule has 1 unspecified atom stereocenters. The van der Waals surface area contributed by atoms with E-state index in [-0.39, 0.29) is 22.8 Å². The van der Waals surface area contributed by atoms with Crippen molar-refractivity contribution in [3.05, 3.63) is 53.1 Å². The average Bonchev–Trinajstić information content (AvgIpc) is 2.72. The maximum absolute atomic E-state index is 15.3. The molecule has 0 bridgehead atoms. The lowest BCUT2D eigenvalue weighted by atomic mass is 9.91. The number of hydrogen-bond acceptors (Lipinski definition) is 7. The van der Waals surface area contributed by atoms with Crippen LogP contribution in [0.4, 0.5) is 14.5 Å². The zero-order chi connectivity index (χ0) is 24.1. The lowest BCUT2D eigenvalue weighted by Crippen LogP contribution is -2.58. The molecule has 0 aliphatic carbocycles. The van der Waals surface area contributed by atoms with Crippen molar-refractivity contribution < 1.29 is 26.7 Å². The van der Waals surface area contributed by atoms with Gasteiger partial charge in [-0.15, -0.1) is 0 Å². The van der Waals surface area contributed by atoms with Crippen LogP contribution >= 0.6 is 0 Å². The van der Waals surface area contributed by atoms with Crippen molar-refractivity contribution in [1.29, 1.82) is 0 Å². The minimum Gasteiger partial charge on any atom is -0.495 e. The molecule has 32 heavy (non-hydrogen) atoms. The first-order valence-electron chi connectivity index (χ1n) is 9.61. The number of nitrogens with zero attached hydrogens (tertiary/aromatic N) is 2. The third-order valence-electron chi connectivity index (χ3n) is 5.67. The number of aliphatic imine (C=N–C) groups is 1. The van der Waals surface area contributed by atoms with Crippen molar-refractivity contribution in [1.82, 2.24) is 4.98 Å². The summed E-state index contributed by atoms with van der Waals surface area (Å²) in [5.41, 5.74) is 1.54. The van der Waals surface area contributed by atoms with Gasteiger partial charge in [0.15, 0.2) is 9.84 Å². The number of nitrogens with one attached hydrogen (secondary N) is 1. The molecule has 1 aliphatic rings. The van der Waals surface area contributed by atoms with Crippen LogP contribution in [0.5, 0.6) is 5.75 Å². The van der Waals surface area contributed by atoms with E-state index in [4.69, 9.17) is 10.5 Å². The van der Waals surface area contributed by atoms with Gasteiger partial charge in [0.1, 0.15) is 33.4 Å². The molecule has 8 nitrogen and oxygen atoms in total. The van der Waals surface area contributed by atoms with Crippen LogP contribution in [-0.4, -0.2) is 42.5 Å². The molecule has 0 saturated heterocycles. The van der Waals surface area contributed by atoms with Crippen LogP contribution in [0.15, 0.2) is 35.5 Å². The van der Waals surface area contributed by atoms with E-state index in [1.807, 2.05) is 0 Å². The average molecular weight is 467 g/mol. The first-order chi connectivity index (χ1) is 14.8. The molecular formula is C21H24F2N4O4S. The molecule has 1 aliphatic heterocycles. The molecule has 2 atom stereocenters.